The van der Waals surface area contributed by atoms with Gasteiger partial charge in [-0.15, -0.1) is 0 Å². The van der Waals surface area contributed by atoms with E-state index in [1.165, 1.54) is 0 Å². The molecule has 0 atom stereocenters. The van der Waals surface area contributed by atoms with Crippen LogP contribution in [0.25, 0.3) is 0 Å². The minimum atomic E-state index is -1.14. The smallest absolute Gasteiger partial charge is 0.382 e. The predicted octanol–water partition coefficient (Wildman–Crippen LogP) is 0.826. The summed E-state index contributed by atoms with van der Waals surface area (Å²) >= 11 is 0. The number of aliphatic carboxylic acids is 1. The van der Waals surface area contributed by atoms with Crippen molar-refractivity contribution in [3.63, 3.8) is 0 Å². The van der Waals surface area contributed by atoms with Crippen LogP contribution in [0, 0.1) is 18.8 Å². The molecule has 0 bridgehead atoms. The third-order valence-electron chi connectivity index (χ3n) is 1.19. The second-order valence-electron chi connectivity index (χ2n) is 2.22. The highest BCUT2D eigenvalue weighted by Crippen LogP contribution is 1.95. The van der Waals surface area contributed by atoms with Gasteiger partial charge in [0.25, 0.3) is 0 Å². The van der Waals surface area contributed by atoms with Crippen molar-refractivity contribution in [2.24, 2.45) is 0 Å². The summed E-state index contributed by atoms with van der Waals surface area (Å²) in [7, 11) is 0. The summed E-state index contributed by atoms with van der Waals surface area (Å²) in [5.41, 5.74) is 1.31. The molecular formula is C9H7NO2. The first kappa shape index (κ1) is 8.28. The molecule has 0 aliphatic carbocycles. The standard InChI is InChI=1S/C9H7NO2/c1-7-3-2-4-8(10-7)5-6-9(11)12/h2-4H,1H3,(H,11,12). The molecule has 0 saturated heterocycles. The number of aromatic nitrogens is 1. The predicted molar refractivity (Wildman–Crippen MR) is 43.5 cm³/mol. The van der Waals surface area contributed by atoms with Crippen LogP contribution in [0.5, 0.6) is 0 Å². The maximum atomic E-state index is 10.1. The highest BCUT2D eigenvalue weighted by molar-refractivity contribution is 5.87. The fourth-order valence-corrected chi connectivity index (χ4v) is 0.730. The number of carboxylic acid groups (broad SMARTS) is 1. The molecule has 0 spiro atoms. The van der Waals surface area contributed by atoms with Crippen molar-refractivity contribution >= 4 is 5.97 Å². The zero-order valence-corrected chi connectivity index (χ0v) is 6.53. The summed E-state index contributed by atoms with van der Waals surface area (Å²) in [6.45, 7) is 1.83. The molecule has 3 nitrogen and oxygen atoms in total. The van der Waals surface area contributed by atoms with Gasteiger partial charge in [-0.05, 0) is 25.0 Å². The zero-order valence-electron chi connectivity index (χ0n) is 6.53. The SMILES string of the molecule is Cc1cccc(C#CC(=O)O)n1. The summed E-state index contributed by atoms with van der Waals surface area (Å²) in [5, 5.41) is 8.24. The van der Waals surface area contributed by atoms with Crippen LogP contribution in [0.3, 0.4) is 0 Å². The number of carboxylic acids is 1. The van der Waals surface area contributed by atoms with E-state index in [2.05, 4.69) is 10.9 Å². The van der Waals surface area contributed by atoms with Crippen LogP contribution in [-0.4, -0.2) is 16.1 Å². The quantitative estimate of drug-likeness (QED) is 0.573. The van der Waals surface area contributed by atoms with Gasteiger partial charge in [0.15, 0.2) is 0 Å². The van der Waals surface area contributed by atoms with Crippen molar-refractivity contribution in [2.75, 3.05) is 0 Å². The molecule has 0 amide bonds. The van der Waals surface area contributed by atoms with Gasteiger partial charge in [0.2, 0.25) is 0 Å². The van der Waals surface area contributed by atoms with Crippen molar-refractivity contribution in [2.45, 2.75) is 6.92 Å². The average molecular weight is 161 g/mol. The Bertz CT molecular complexity index is 360. The first-order valence-corrected chi connectivity index (χ1v) is 3.37. The molecule has 3 heteroatoms. The Labute approximate surface area is 70.1 Å². The van der Waals surface area contributed by atoms with Crippen molar-refractivity contribution in [1.29, 1.82) is 0 Å². The second-order valence-corrected chi connectivity index (χ2v) is 2.22. The van der Waals surface area contributed by atoms with Crippen molar-refractivity contribution in [3.8, 4) is 11.8 Å². The van der Waals surface area contributed by atoms with Gasteiger partial charge in [-0.3, -0.25) is 0 Å². The summed E-state index contributed by atoms with van der Waals surface area (Å²) in [6.07, 6.45) is 0. The number of hydrogen-bond donors (Lipinski definition) is 1. The summed E-state index contributed by atoms with van der Waals surface area (Å²) in [5.74, 6) is 3.28. The first-order chi connectivity index (χ1) is 5.68. The van der Waals surface area contributed by atoms with Gasteiger partial charge in [-0.2, -0.15) is 0 Å². The maximum absolute atomic E-state index is 10.1. The van der Waals surface area contributed by atoms with Crippen LogP contribution in [0.4, 0.5) is 0 Å². The molecule has 1 aromatic heterocycles. The summed E-state index contributed by atoms with van der Waals surface area (Å²) < 4.78 is 0. The third-order valence-corrected chi connectivity index (χ3v) is 1.19. The van der Waals surface area contributed by atoms with Gasteiger partial charge >= 0.3 is 5.97 Å². The van der Waals surface area contributed by atoms with Crippen molar-refractivity contribution in [1.82, 2.24) is 4.98 Å². The monoisotopic (exact) mass is 161 g/mol. The van der Waals surface area contributed by atoms with Gasteiger partial charge in [-0.1, -0.05) is 6.07 Å². The normalized spacial score (nSPS) is 8.42. The van der Waals surface area contributed by atoms with E-state index < -0.39 is 5.97 Å². The van der Waals surface area contributed by atoms with Crippen LogP contribution in [0.2, 0.25) is 0 Å². The summed E-state index contributed by atoms with van der Waals surface area (Å²) in [6, 6.07) is 5.28. The largest absolute Gasteiger partial charge is 0.472 e. The lowest BCUT2D eigenvalue weighted by Gasteiger charge is -1.90. The molecule has 1 N–H and O–H groups in total. The molecule has 0 saturated carbocycles. The van der Waals surface area contributed by atoms with E-state index in [-0.39, 0.29) is 0 Å². The van der Waals surface area contributed by atoms with Gasteiger partial charge < -0.3 is 5.11 Å². The number of nitrogens with zero attached hydrogens (tertiary/aromatic N) is 1. The fraction of sp³-hybridized carbons (Fsp3) is 0.111. The van der Waals surface area contributed by atoms with Crippen molar-refractivity contribution in [3.05, 3.63) is 29.6 Å². The average Bonchev–Trinajstić information content (AvgIpc) is 2.01. The number of carbonyl (C=O) groups is 1. The van der Waals surface area contributed by atoms with Crippen LogP contribution >= 0.6 is 0 Å². The molecule has 60 valence electrons. The molecule has 0 unspecified atom stereocenters. The Balaban J connectivity index is 2.92. The molecule has 0 aliphatic rings. The van der Waals surface area contributed by atoms with Crippen molar-refractivity contribution < 1.29 is 9.90 Å². The number of aryl methyl sites for hydroxylation is 1. The van der Waals surface area contributed by atoms with E-state index in [0.29, 0.717) is 5.69 Å². The second kappa shape index (κ2) is 3.54. The van der Waals surface area contributed by atoms with E-state index >= 15 is 0 Å². The lowest BCUT2D eigenvalue weighted by atomic mass is 10.3. The molecule has 1 rings (SSSR count). The lowest BCUT2D eigenvalue weighted by molar-refractivity contribution is -0.130. The molecule has 1 heterocycles. The number of pyridine rings is 1. The van der Waals surface area contributed by atoms with E-state index in [9.17, 15) is 4.79 Å². The van der Waals surface area contributed by atoms with Crippen LogP contribution in [0.1, 0.15) is 11.4 Å². The lowest BCUT2D eigenvalue weighted by Crippen LogP contribution is -1.89. The van der Waals surface area contributed by atoms with Gasteiger partial charge in [0.1, 0.15) is 5.69 Å². The van der Waals surface area contributed by atoms with Crippen LogP contribution in [0.15, 0.2) is 18.2 Å². The molecule has 1 aromatic rings. The Morgan fingerprint density at radius 1 is 1.58 bits per heavy atom. The van der Waals surface area contributed by atoms with E-state index in [1.807, 2.05) is 18.9 Å². The number of hydrogen-bond acceptors (Lipinski definition) is 2. The third kappa shape index (κ3) is 2.43. The molecular weight excluding hydrogens is 154 g/mol. The van der Waals surface area contributed by atoms with Gasteiger partial charge in [-0.25, -0.2) is 9.78 Å². The fourth-order valence-electron chi connectivity index (χ4n) is 0.730. The van der Waals surface area contributed by atoms with E-state index in [4.69, 9.17) is 5.11 Å². The molecule has 0 radical (unpaired) electrons. The highest BCUT2D eigenvalue weighted by atomic mass is 16.4. The Hall–Kier alpha value is -1.82. The maximum Gasteiger partial charge on any atom is 0.382 e. The Morgan fingerprint density at radius 2 is 2.33 bits per heavy atom. The van der Waals surface area contributed by atoms with E-state index in [0.717, 1.165) is 5.69 Å². The number of rotatable bonds is 0. The minimum absolute atomic E-state index is 0.484. The molecule has 0 aliphatic heterocycles. The summed E-state index contributed by atoms with van der Waals surface area (Å²) in [4.78, 5) is 14.1. The molecule has 0 fully saturated rings. The Morgan fingerprint density at radius 3 is 2.92 bits per heavy atom. The first-order valence-electron chi connectivity index (χ1n) is 3.37. The van der Waals surface area contributed by atoms with Crippen LogP contribution in [-0.2, 0) is 4.79 Å². The Kier molecular flexibility index (Phi) is 2.44. The van der Waals surface area contributed by atoms with E-state index in [1.54, 1.807) is 12.1 Å². The minimum Gasteiger partial charge on any atom is -0.472 e. The van der Waals surface area contributed by atoms with Crippen LogP contribution < -0.4 is 0 Å². The topological polar surface area (TPSA) is 50.2 Å². The molecule has 12 heavy (non-hydrogen) atoms. The molecule has 0 aromatic carbocycles. The van der Waals surface area contributed by atoms with Gasteiger partial charge in [0, 0.05) is 11.6 Å². The van der Waals surface area contributed by atoms with Gasteiger partial charge in [0.05, 0.1) is 0 Å². The zero-order chi connectivity index (χ0) is 8.97. The highest BCUT2D eigenvalue weighted by Gasteiger charge is 1.89.